The van der Waals surface area contributed by atoms with E-state index in [0.717, 1.165) is 24.1 Å². The minimum atomic E-state index is -3.49. The smallest absolute Gasteiger partial charge is 0.243 e. The Bertz CT molecular complexity index is 996. The number of nitrogens with zero attached hydrogens (tertiary/aromatic N) is 1. The van der Waals surface area contributed by atoms with Crippen LogP contribution in [0, 0.1) is 0 Å². The number of carbonyl (C=O) groups is 1. The maximum atomic E-state index is 12.7. The first-order valence-corrected chi connectivity index (χ1v) is 12.1. The van der Waals surface area contributed by atoms with Crippen molar-refractivity contribution in [3.8, 4) is 0 Å². The Morgan fingerprint density at radius 3 is 2.50 bits per heavy atom. The molecule has 0 radical (unpaired) electrons. The van der Waals surface area contributed by atoms with E-state index < -0.39 is 10.0 Å². The first-order valence-electron chi connectivity index (χ1n) is 10.6. The van der Waals surface area contributed by atoms with Crippen LogP contribution in [-0.2, 0) is 38.8 Å². The maximum absolute atomic E-state index is 12.7. The third kappa shape index (κ3) is 4.74. The van der Waals surface area contributed by atoms with E-state index in [2.05, 4.69) is 11.4 Å². The quantitative estimate of drug-likeness (QED) is 0.767. The van der Waals surface area contributed by atoms with E-state index in [1.807, 2.05) is 12.1 Å². The summed E-state index contributed by atoms with van der Waals surface area (Å²) in [6.45, 7) is 1.62. The highest BCUT2D eigenvalue weighted by Crippen LogP contribution is 2.28. The number of rotatable bonds is 6. The predicted octanol–water partition coefficient (Wildman–Crippen LogP) is 3.16. The summed E-state index contributed by atoms with van der Waals surface area (Å²) < 4.78 is 32.1. The Kier molecular flexibility index (Phi) is 6.51. The van der Waals surface area contributed by atoms with Crippen LogP contribution in [0.5, 0.6) is 0 Å². The fourth-order valence-corrected chi connectivity index (χ4v) is 5.54. The molecule has 1 aliphatic heterocycles. The largest absolute Gasteiger partial charge is 0.379 e. The number of hydrogen-bond acceptors (Lipinski definition) is 4. The Hall–Kier alpha value is -2.22. The highest BCUT2D eigenvalue weighted by atomic mass is 32.2. The summed E-state index contributed by atoms with van der Waals surface area (Å²) >= 11 is 0. The van der Waals surface area contributed by atoms with E-state index in [4.69, 9.17) is 4.74 Å². The van der Waals surface area contributed by atoms with Crippen molar-refractivity contribution in [2.24, 2.45) is 0 Å². The molecule has 0 aromatic heterocycles. The van der Waals surface area contributed by atoms with Crippen molar-refractivity contribution in [1.29, 1.82) is 0 Å². The Balaban J connectivity index is 1.35. The number of morpholine rings is 1. The lowest BCUT2D eigenvalue weighted by molar-refractivity contribution is -0.116. The molecule has 0 unspecified atom stereocenters. The number of fused-ring (bicyclic) bond motifs is 1. The molecule has 0 spiro atoms. The molecule has 1 saturated heterocycles. The molecule has 2 aromatic rings. The average Bonchev–Trinajstić information content (AvgIpc) is 2.79. The summed E-state index contributed by atoms with van der Waals surface area (Å²) in [5.41, 5.74) is 4.50. The molecule has 0 atom stereocenters. The van der Waals surface area contributed by atoms with E-state index >= 15 is 0 Å². The zero-order valence-corrected chi connectivity index (χ0v) is 17.9. The lowest BCUT2D eigenvalue weighted by Gasteiger charge is -2.26. The Labute approximate surface area is 178 Å². The van der Waals surface area contributed by atoms with Crippen LogP contribution in [0.2, 0.25) is 0 Å². The molecular formula is C23H28N2O4S. The number of benzene rings is 2. The van der Waals surface area contributed by atoms with Gasteiger partial charge in [0.1, 0.15) is 0 Å². The van der Waals surface area contributed by atoms with Gasteiger partial charge in [-0.05, 0) is 67.0 Å². The van der Waals surface area contributed by atoms with Crippen molar-refractivity contribution in [2.75, 3.05) is 31.6 Å². The topological polar surface area (TPSA) is 75.7 Å². The van der Waals surface area contributed by atoms with Gasteiger partial charge in [0.15, 0.2) is 0 Å². The molecule has 6 nitrogen and oxygen atoms in total. The lowest BCUT2D eigenvalue weighted by atomic mass is 9.90. The first kappa shape index (κ1) is 21.0. The molecule has 2 aromatic carbocycles. The van der Waals surface area contributed by atoms with Crippen LogP contribution < -0.4 is 5.32 Å². The van der Waals surface area contributed by atoms with Crippen LogP contribution in [0.15, 0.2) is 47.4 Å². The maximum Gasteiger partial charge on any atom is 0.243 e. The van der Waals surface area contributed by atoms with Crippen LogP contribution in [0.1, 0.15) is 36.0 Å². The normalized spacial score (nSPS) is 17.3. The van der Waals surface area contributed by atoms with Gasteiger partial charge in [0.05, 0.1) is 18.1 Å². The molecule has 1 amide bonds. The van der Waals surface area contributed by atoms with Gasteiger partial charge in [-0.15, -0.1) is 0 Å². The molecule has 160 valence electrons. The molecular weight excluding hydrogens is 400 g/mol. The number of hydrogen-bond donors (Lipinski definition) is 1. The second kappa shape index (κ2) is 9.29. The number of aryl methyl sites for hydroxylation is 2. The van der Waals surface area contributed by atoms with Gasteiger partial charge in [0.25, 0.3) is 0 Å². The standard InChI is InChI=1S/C23H28N2O4S/c26-23(24-22-7-3-5-19-4-1-2-6-21(19)22)13-10-18-8-11-20(12-9-18)30(27,28)25-14-16-29-17-15-25/h3,5,7-9,11-12H,1-2,4,6,10,13-17H2,(H,24,26). The number of amides is 1. The first-order chi connectivity index (χ1) is 14.5. The molecule has 30 heavy (non-hydrogen) atoms. The summed E-state index contributed by atoms with van der Waals surface area (Å²) in [4.78, 5) is 12.8. The zero-order chi connectivity index (χ0) is 21.0. The minimum absolute atomic E-state index is 0.0148. The summed E-state index contributed by atoms with van der Waals surface area (Å²) in [6, 6.07) is 13.0. The van der Waals surface area contributed by atoms with Crippen LogP contribution in [0.25, 0.3) is 0 Å². The van der Waals surface area contributed by atoms with Crippen LogP contribution >= 0.6 is 0 Å². The number of anilines is 1. The van der Waals surface area contributed by atoms with E-state index in [0.29, 0.717) is 39.1 Å². The second-order valence-electron chi connectivity index (χ2n) is 7.86. The summed E-state index contributed by atoms with van der Waals surface area (Å²) in [5, 5.41) is 3.07. The predicted molar refractivity (Wildman–Crippen MR) is 116 cm³/mol. The van der Waals surface area contributed by atoms with Crippen molar-refractivity contribution in [2.45, 2.75) is 43.4 Å². The molecule has 1 fully saturated rings. The van der Waals surface area contributed by atoms with E-state index in [-0.39, 0.29) is 10.8 Å². The third-order valence-corrected chi connectivity index (χ3v) is 7.75. The highest BCUT2D eigenvalue weighted by Gasteiger charge is 2.26. The fourth-order valence-electron chi connectivity index (χ4n) is 4.13. The van der Waals surface area contributed by atoms with E-state index in [1.54, 1.807) is 24.3 Å². The monoisotopic (exact) mass is 428 g/mol. The lowest BCUT2D eigenvalue weighted by Crippen LogP contribution is -2.40. The van der Waals surface area contributed by atoms with Gasteiger partial charge in [0, 0.05) is 25.2 Å². The van der Waals surface area contributed by atoms with Crippen molar-refractivity contribution < 1.29 is 17.9 Å². The van der Waals surface area contributed by atoms with Crippen molar-refractivity contribution >= 4 is 21.6 Å². The van der Waals surface area contributed by atoms with Crippen molar-refractivity contribution in [3.05, 3.63) is 59.2 Å². The summed E-state index contributed by atoms with van der Waals surface area (Å²) in [7, 11) is -3.49. The van der Waals surface area contributed by atoms with Crippen molar-refractivity contribution in [1.82, 2.24) is 4.31 Å². The minimum Gasteiger partial charge on any atom is -0.379 e. The molecule has 4 rings (SSSR count). The molecule has 0 saturated carbocycles. The molecule has 1 N–H and O–H groups in total. The number of nitrogens with one attached hydrogen (secondary N) is 1. The van der Waals surface area contributed by atoms with Gasteiger partial charge >= 0.3 is 0 Å². The Morgan fingerprint density at radius 1 is 1.00 bits per heavy atom. The van der Waals surface area contributed by atoms with E-state index in [9.17, 15) is 13.2 Å². The second-order valence-corrected chi connectivity index (χ2v) is 9.80. The van der Waals surface area contributed by atoms with Crippen LogP contribution in [0.3, 0.4) is 0 Å². The van der Waals surface area contributed by atoms with Gasteiger partial charge in [0.2, 0.25) is 15.9 Å². The van der Waals surface area contributed by atoms with Gasteiger partial charge < -0.3 is 10.1 Å². The number of ether oxygens (including phenoxy) is 1. The SMILES string of the molecule is O=C(CCc1ccc(S(=O)(=O)N2CCOCC2)cc1)Nc1cccc2c1CCCC2. The third-order valence-electron chi connectivity index (χ3n) is 5.84. The van der Waals surface area contributed by atoms with Gasteiger partial charge in [-0.2, -0.15) is 4.31 Å². The van der Waals surface area contributed by atoms with Crippen LogP contribution in [0.4, 0.5) is 5.69 Å². The summed E-state index contributed by atoms with van der Waals surface area (Å²) in [6.07, 6.45) is 5.41. The number of sulfonamides is 1. The Morgan fingerprint density at radius 2 is 1.73 bits per heavy atom. The molecule has 0 bridgehead atoms. The number of carbonyl (C=O) groups excluding carboxylic acids is 1. The molecule has 2 aliphatic rings. The molecule has 1 aliphatic carbocycles. The van der Waals surface area contributed by atoms with Gasteiger partial charge in [-0.3, -0.25) is 4.79 Å². The van der Waals surface area contributed by atoms with Crippen LogP contribution in [-0.4, -0.2) is 44.9 Å². The van der Waals surface area contributed by atoms with Gasteiger partial charge in [-0.25, -0.2) is 8.42 Å². The summed E-state index contributed by atoms with van der Waals surface area (Å²) in [5.74, 6) is -0.0148. The zero-order valence-electron chi connectivity index (χ0n) is 17.1. The molecule has 7 heteroatoms. The molecule has 1 heterocycles. The van der Waals surface area contributed by atoms with Crippen molar-refractivity contribution in [3.63, 3.8) is 0 Å². The average molecular weight is 429 g/mol. The van der Waals surface area contributed by atoms with E-state index in [1.165, 1.54) is 28.3 Å². The highest BCUT2D eigenvalue weighted by molar-refractivity contribution is 7.89. The van der Waals surface area contributed by atoms with Gasteiger partial charge in [-0.1, -0.05) is 24.3 Å². The fraction of sp³-hybridized carbons (Fsp3) is 0.435.